The number of methoxy groups -OCH3 is 1. The Balaban J connectivity index is 1.69. The first-order valence-electron chi connectivity index (χ1n) is 10.2. The average molecular weight is 442 g/mol. The van der Waals surface area contributed by atoms with Crippen molar-refractivity contribution in [2.75, 3.05) is 51.3 Å². The van der Waals surface area contributed by atoms with Crippen LogP contribution in [0.4, 0.5) is 18.3 Å². The molecule has 0 aliphatic carbocycles. The van der Waals surface area contributed by atoms with Gasteiger partial charge in [0.1, 0.15) is 0 Å². The third-order valence-corrected chi connectivity index (χ3v) is 6.38. The zero-order chi connectivity index (χ0) is 21.9. The van der Waals surface area contributed by atoms with Crippen molar-refractivity contribution in [2.24, 2.45) is 5.41 Å². The molecular weight excluding hydrogens is 411 g/mol. The molecule has 2 aromatic rings. The van der Waals surface area contributed by atoms with Gasteiger partial charge in [0.25, 0.3) is 0 Å². The Bertz CT molecular complexity index is 792. The minimum Gasteiger partial charge on any atom is -0.383 e. The van der Waals surface area contributed by atoms with Gasteiger partial charge in [-0.05, 0) is 11.0 Å². The van der Waals surface area contributed by atoms with Crippen LogP contribution >= 0.6 is 11.3 Å². The number of benzene rings is 1. The lowest BCUT2D eigenvalue weighted by molar-refractivity contribution is -0.171. The Morgan fingerprint density at radius 3 is 2.23 bits per heavy atom. The highest BCUT2D eigenvalue weighted by molar-refractivity contribution is 7.14. The minimum absolute atomic E-state index is 0.293. The molecule has 1 aliphatic rings. The summed E-state index contributed by atoms with van der Waals surface area (Å²) < 4.78 is 46.0. The predicted molar refractivity (Wildman–Crippen MR) is 116 cm³/mol. The topological polar surface area (TPSA) is 28.6 Å². The summed E-state index contributed by atoms with van der Waals surface area (Å²) >= 11 is 1.58. The van der Waals surface area contributed by atoms with Crippen molar-refractivity contribution in [1.29, 1.82) is 0 Å². The lowest BCUT2D eigenvalue weighted by atomic mass is 9.76. The number of anilines is 1. The first kappa shape index (κ1) is 23.0. The summed E-state index contributed by atoms with van der Waals surface area (Å²) in [4.78, 5) is 9.39. The van der Waals surface area contributed by atoms with E-state index in [9.17, 15) is 13.2 Å². The summed E-state index contributed by atoms with van der Waals surface area (Å²) in [6.45, 7) is 10.3. The first-order chi connectivity index (χ1) is 14.1. The fourth-order valence-corrected chi connectivity index (χ4v) is 4.84. The molecule has 1 aliphatic heterocycles. The van der Waals surface area contributed by atoms with E-state index in [4.69, 9.17) is 9.72 Å². The van der Waals surface area contributed by atoms with E-state index < -0.39 is 17.5 Å². The highest BCUT2D eigenvalue weighted by Gasteiger charge is 2.47. The van der Waals surface area contributed by atoms with Gasteiger partial charge >= 0.3 is 6.18 Å². The van der Waals surface area contributed by atoms with E-state index in [-0.39, 0.29) is 0 Å². The average Bonchev–Trinajstić information content (AvgIpc) is 3.15. The quantitative estimate of drug-likeness (QED) is 0.611. The van der Waals surface area contributed by atoms with Crippen molar-refractivity contribution < 1.29 is 17.9 Å². The highest BCUT2D eigenvalue weighted by Crippen LogP contribution is 2.47. The molecule has 0 N–H and O–H groups in total. The molecule has 166 valence electrons. The molecule has 1 aromatic carbocycles. The Morgan fingerprint density at radius 1 is 1.07 bits per heavy atom. The van der Waals surface area contributed by atoms with Crippen LogP contribution in [0.25, 0.3) is 11.3 Å². The van der Waals surface area contributed by atoms with Crippen molar-refractivity contribution in [3.05, 3.63) is 35.2 Å². The second kappa shape index (κ2) is 9.24. The van der Waals surface area contributed by atoms with Crippen LogP contribution in [-0.2, 0) is 4.74 Å². The van der Waals surface area contributed by atoms with Crippen LogP contribution in [0.1, 0.15) is 32.3 Å². The molecule has 1 atom stereocenters. The lowest BCUT2D eigenvalue weighted by Crippen LogP contribution is -2.47. The number of nitrogens with zero attached hydrogens (tertiary/aromatic N) is 3. The normalized spacial score (nSPS) is 17.4. The van der Waals surface area contributed by atoms with Gasteiger partial charge in [0, 0.05) is 50.8 Å². The van der Waals surface area contributed by atoms with Crippen LogP contribution in [0.3, 0.4) is 0 Å². The lowest BCUT2D eigenvalue weighted by Gasteiger charge is -2.34. The molecule has 0 radical (unpaired) electrons. The highest BCUT2D eigenvalue weighted by atomic mass is 32.1. The SMILES string of the molecule is COCCN1CCN(c2nc(-c3ccc(C(C(C)(C)C)C(F)(F)F)cc3)cs2)CC1. The van der Waals surface area contributed by atoms with Crippen LogP contribution in [0.2, 0.25) is 0 Å². The summed E-state index contributed by atoms with van der Waals surface area (Å²) in [6, 6.07) is 6.68. The molecule has 30 heavy (non-hydrogen) atoms. The standard InChI is InChI=1S/C22H30F3N3OS/c1-21(2,3)19(22(23,24)25)17-7-5-16(6-8-17)18-15-30-20(26-18)28-11-9-27(10-12-28)13-14-29-4/h5-8,15,19H,9-14H2,1-4H3. The number of alkyl halides is 3. The number of ether oxygens (including phenoxy) is 1. The van der Waals surface area contributed by atoms with Crippen molar-refractivity contribution >= 4 is 16.5 Å². The summed E-state index contributed by atoms with van der Waals surface area (Å²) in [5, 5.41) is 2.94. The van der Waals surface area contributed by atoms with E-state index in [2.05, 4.69) is 9.80 Å². The maximum Gasteiger partial charge on any atom is 0.396 e. The van der Waals surface area contributed by atoms with Crippen molar-refractivity contribution in [2.45, 2.75) is 32.9 Å². The second-order valence-electron chi connectivity index (χ2n) is 8.80. The summed E-state index contributed by atoms with van der Waals surface area (Å²) in [6.07, 6.45) is -4.28. The van der Waals surface area contributed by atoms with Gasteiger partial charge in [-0.2, -0.15) is 13.2 Å². The van der Waals surface area contributed by atoms with Gasteiger partial charge in [0.15, 0.2) is 5.13 Å². The molecule has 8 heteroatoms. The second-order valence-corrected chi connectivity index (χ2v) is 9.64. The molecule has 1 aromatic heterocycles. The van der Waals surface area contributed by atoms with Crippen molar-refractivity contribution in [3.8, 4) is 11.3 Å². The summed E-state index contributed by atoms with van der Waals surface area (Å²) in [5.41, 5.74) is 1.04. The Kier molecular flexibility index (Phi) is 7.09. The van der Waals surface area contributed by atoms with Crippen molar-refractivity contribution in [1.82, 2.24) is 9.88 Å². The maximum atomic E-state index is 13.6. The number of hydrogen-bond acceptors (Lipinski definition) is 5. The molecule has 0 amide bonds. The zero-order valence-electron chi connectivity index (χ0n) is 18.0. The summed E-state index contributed by atoms with van der Waals surface area (Å²) in [7, 11) is 1.71. The van der Waals surface area contributed by atoms with E-state index in [0.29, 0.717) is 5.56 Å². The number of piperazine rings is 1. The van der Waals surface area contributed by atoms with Gasteiger partial charge in [-0.15, -0.1) is 11.3 Å². The molecule has 0 spiro atoms. The van der Waals surface area contributed by atoms with Gasteiger partial charge in [0.2, 0.25) is 0 Å². The van der Waals surface area contributed by atoms with E-state index in [1.165, 1.54) is 0 Å². The first-order valence-corrected chi connectivity index (χ1v) is 11.1. The number of halogens is 3. The van der Waals surface area contributed by atoms with Crippen molar-refractivity contribution in [3.63, 3.8) is 0 Å². The van der Waals surface area contributed by atoms with Crippen LogP contribution in [-0.4, -0.2) is 62.5 Å². The third-order valence-electron chi connectivity index (χ3n) is 5.48. The fourth-order valence-electron chi connectivity index (χ4n) is 3.95. The fraction of sp³-hybridized carbons (Fsp3) is 0.591. The molecular formula is C22H30F3N3OS. The molecule has 4 nitrogen and oxygen atoms in total. The number of rotatable bonds is 6. The smallest absolute Gasteiger partial charge is 0.383 e. The van der Waals surface area contributed by atoms with Crippen LogP contribution in [0.5, 0.6) is 0 Å². The largest absolute Gasteiger partial charge is 0.396 e. The minimum atomic E-state index is -4.28. The maximum absolute atomic E-state index is 13.6. The number of hydrogen-bond donors (Lipinski definition) is 0. The molecule has 2 heterocycles. The van der Waals surface area contributed by atoms with Crippen LogP contribution in [0, 0.1) is 5.41 Å². The van der Waals surface area contributed by atoms with E-state index >= 15 is 0 Å². The Hall–Kier alpha value is -1.64. The molecule has 1 fully saturated rings. The Labute approximate surface area is 180 Å². The molecule has 3 rings (SSSR count). The molecule has 1 unspecified atom stereocenters. The van der Waals surface area contributed by atoms with E-state index in [1.54, 1.807) is 63.5 Å². The van der Waals surface area contributed by atoms with Gasteiger partial charge in [-0.25, -0.2) is 4.98 Å². The van der Waals surface area contributed by atoms with Gasteiger partial charge < -0.3 is 9.64 Å². The van der Waals surface area contributed by atoms with Gasteiger partial charge in [-0.1, -0.05) is 45.0 Å². The predicted octanol–water partition coefficient (Wildman–Crippen LogP) is 5.27. The van der Waals surface area contributed by atoms with Crippen LogP contribution < -0.4 is 4.90 Å². The number of thiazole rings is 1. The molecule has 1 saturated heterocycles. The molecule has 0 bridgehead atoms. The Morgan fingerprint density at radius 2 is 1.70 bits per heavy atom. The van der Waals surface area contributed by atoms with E-state index in [1.807, 2.05) is 5.38 Å². The van der Waals surface area contributed by atoms with Gasteiger partial charge in [-0.3, -0.25) is 4.90 Å². The number of aromatic nitrogens is 1. The van der Waals surface area contributed by atoms with Crippen LogP contribution in [0.15, 0.2) is 29.6 Å². The zero-order valence-corrected chi connectivity index (χ0v) is 18.8. The third kappa shape index (κ3) is 5.53. The van der Waals surface area contributed by atoms with E-state index in [0.717, 1.165) is 55.7 Å². The molecule has 0 saturated carbocycles. The summed E-state index contributed by atoms with van der Waals surface area (Å²) in [5.74, 6) is -1.50. The monoisotopic (exact) mass is 441 g/mol. The van der Waals surface area contributed by atoms with Gasteiger partial charge in [0.05, 0.1) is 18.2 Å².